The van der Waals surface area contributed by atoms with Crippen LogP contribution in [-0.2, 0) is 25.5 Å². The molecular formula is C15H17NO4. The van der Waals surface area contributed by atoms with Gasteiger partial charge in [0.2, 0.25) is 0 Å². The summed E-state index contributed by atoms with van der Waals surface area (Å²) in [6, 6.07) is 7.34. The lowest BCUT2D eigenvalue weighted by Gasteiger charge is -2.08. The molecule has 0 saturated carbocycles. The van der Waals surface area contributed by atoms with Crippen LogP contribution in [0.3, 0.4) is 0 Å². The molecule has 0 aliphatic heterocycles. The largest absolute Gasteiger partial charge is 0.468 e. The smallest absolute Gasteiger partial charge is 0.321 e. The van der Waals surface area contributed by atoms with Crippen LogP contribution >= 0.6 is 0 Å². The quantitative estimate of drug-likeness (QED) is 0.386. The maximum absolute atomic E-state index is 11.4. The van der Waals surface area contributed by atoms with Crippen molar-refractivity contribution in [2.75, 3.05) is 20.0 Å². The molecule has 0 spiro atoms. The Balaban J connectivity index is 2.60. The van der Waals surface area contributed by atoms with E-state index in [1.807, 2.05) is 12.1 Å². The van der Waals surface area contributed by atoms with Gasteiger partial charge in [-0.3, -0.25) is 9.59 Å². The zero-order valence-corrected chi connectivity index (χ0v) is 11.5. The van der Waals surface area contributed by atoms with Gasteiger partial charge in [0.15, 0.2) is 5.92 Å². The van der Waals surface area contributed by atoms with Crippen LogP contribution in [0.1, 0.15) is 12.0 Å². The lowest BCUT2D eigenvalue weighted by Crippen LogP contribution is -2.26. The Morgan fingerprint density at radius 1 is 1.10 bits per heavy atom. The first-order valence-corrected chi connectivity index (χ1v) is 6.04. The van der Waals surface area contributed by atoms with E-state index in [0.717, 1.165) is 5.56 Å². The van der Waals surface area contributed by atoms with Gasteiger partial charge in [-0.25, -0.2) is 0 Å². The first kappa shape index (κ1) is 15.6. The van der Waals surface area contributed by atoms with E-state index < -0.39 is 17.9 Å². The molecule has 1 rings (SSSR count). The molecule has 2 N–H and O–H groups in total. The summed E-state index contributed by atoms with van der Waals surface area (Å²) in [6.45, 7) is 0. The van der Waals surface area contributed by atoms with Crippen LogP contribution in [-0.4, -0.2) is 26.2 Å². The molecule has 20 heavy (non-hydrogen) atoms. The summed E-state index contributed by atoms with van der Waals surface area (Å²) in [5.74, 6) is 3.42. The molecule has 0 fully saturated rings. The second-order valence-corrected chi connectivity index (χ2v) is 4.07. The van der Waals surface area contributed by atoms with Gasteiger partial charge in [-0.05, 0) is 17.7 Å². The number of hydrogen-bond acceptors (Lipinski definition) is 5. The lowest BCUT2D eigenvalue weighted by molar-refractivity contribution is -0.158. The van der Waals surface area contributed by atoms with E-state index in [-0.39, 0.29) is 6.42 Å². The number of anilines is 1. The molecule has 0 amide bonds. The highest BCUT2D eigenvalue weighted by Crippen LogP contribution is 2.08. The van der Waals surface area contributed by atoms with E-state index in [2.05, 4.69) is 21.3 Å². The molecule has 5 nitrogen and oxygen atoms in total. The summed E-state index contributed by atoms with van der Waals surface area (Å²) >= 11 is 0. The Kier molecular flexibility index (Phi) is 6.11. The van der Waals surface area contributed by atoms with Gasteiger partial charge in [-0.1, -0.05) is 18.1 Å². The number of methoxy groups -OCH3 is 2. The molecule has 106 valence electrons. The Morgan fingerprint density at radius 3 is 2.15 bits per heavy atom. The fraction of sp³-hybridized carbons (Fsp3) is 0.333. The van der Waals surface area contributed by atoms with Crippen molar-refractivity contribution in [3.63, 3.8) is 0 Å². The average Bonchev–Trinajstić information content (AvgIpc) is 2.47. The second kappa shape index (κ2) is 7.85. The number of carbonyl (C=O) groups excluding carboxylic acids is 2. The molecule has 0 saturated heterocycles. The third-order valence-corrected chi connectivity index (χ3v) is 2.67. The Labute approximate surface area is 118 Å². The van der Waals surface area contributed by atoms with E-state index in [0.29, 0.717) is 12.1 Å². The van der Waals surface area contributed by atoms with Crippen LogP contribution in [0.15, 0.2) is 24.3 Å². The Bertz CT molecular complexity index is 509. The van der Waals surface area contributed by atoms with Crippen LogP contribution in [0.25, 0.3) is 0 Å². The maximum atomic E-state index is 11.4. The number of carbonyl (C=O) groups is 2. The second-order valence-electron chi connectivity index (χ2n) is 4.07. The highest BCUT2D eigenvalue weighted by atomic mass is 16.5. The number of hydrogen-bond donors (Lipinski definition) is 1. The zero-order chi connectivity index (χ0) is 15.0. The van der Waals surface area contributed by atoms with Gasteiger partial charge in [0.1, 0.15) is 0 Å². The van der Waals surface area contributed by atoms with Crippen LogP contribution in [0, 0.1) is 17.8 Å². The van der Waals surface area contributed by atoms with Crippen molar-refractivity contribution in [3.05, 3.63) is 29.8 Å². The van der Waals surface area contributed by atoms with Crippen molar-refractivity contribution >= 4 is 17.6 Å². The topological polar surface area (TPSA) is 78.6 Å². The third-order valence-electron chi connectivity index (χ3n) is 2.67. The number of rotatable bonds is 4. The average molecular weight is 275 g/mol. The van der Waals surface area contributed by atoms with Crippen molar-refractivity contribution in [2.24, 2.45) is 5.92 Å². The fourth-order valence-corrected chi connectivity index (χ4v) is 1.52. The monoisotopic (exact) mass is 275 g/mol. The van der Waals surface area contributed by atoms with Crippen LogP contribution in [0.4, 0.5) is 5.69 Å². The summed E-state index contributed by atoms with van der Waals surface area (Å²) in [7, 11) is 2.44. The number of nitrogens with two attached hydrogens (primary N) is 1. The van der Waals surface area contributed by atoms with Gasteiger partial charge in [0.25, 0.3) is 0 Å². The van der Waals surface area contributed by atoms with Crippen molar-refractivity contribution in [1.82, 2.24) is 0 Å². The van der Waals surface area contributed by atoms with Crippen molar-refractivity contribution < 1.29 is 19.1 Å². The lowest BCUT2D eigenvalue weighted by atomic mass is 10.1. The molecule has 0 atom stereocenters. The highest BCUT2D eigenvalue weighted by molar-refractivity contribution is 5.95. The molecule has 0 aliphatic rings. The van der Waals surface area contributed by atoms with Crippen molar-refractivity contribution in [1.29, 1.82) is 0 Å². The van der Waals surface area contributed by atoms with Gasteiger partial charge >= 0.3 is 11.9 Å². The van der Waals surface area contributed by atoms with Gasteiger partial charge in [0.05, 0.1) is 14.2 Å². The number of esters is 2. The molecule has 5 heteroatoms. The van der Waals surface area contributed by atoms with Gasteiger partial charge in [-0.2, -0.15) is 0 Å². The molecular weight excluding hydrogens is 258 g/mol. The van der Waals surface area contributed by atoms with E-state index >= 15 is 0 Å². The summed E-state index contributed by atoms with van der Waals surface area (Å²) in [4.78, 5) is 22.8. The van der Waals surface area contributed by atoms with E-state index in [9.17, 15) is 9.59 Å². The van der Waals surface area contributed by atoms with E-state index in [1.54, 1.807) is 12.1 Å². The van der Waals surface area contributed by atoms with Crippen LogP contribution < -0.4 is 5.73 Å². The molecule has 0 radical (unpaired) electrons. The maximum Gasteiger partial charge on any atom is 0.321 e. The first-order chi connectivity index (χ1) is 9.58. The van der Waals surface area contributed by atoms with E-state index in [4.69, 9.17) is 5.73 Å². The zero-order valence-electron chi connectivity index (χ0n) is 11.5. The van der Waals surface area contributed by atoms with Crippen molar-refractivity contribution in [2.45, 2.75) is 12.8 Å². The molecule has 0 heterocycles. The molecule has 0 bridgehead atoms. The molecule has 1 aromatic carbocycles. The fourth-order valence-electron chi connectivity index (χ4n) is 1.52. The number of benzene rings is 1. The van der Waals surface area contributed by atoms with Gasteiger partial charge in [-0.15, -0.1) is 5.92 Å². The minimum Gasteiger partial charge on any atom is -0.468 e. The highest BCUT2D eigenvalue weighted by Gasteiger charge is 2.27. The minimum atomic E-state index is -0.996. The Hall–Kier alpha value is -2.48. The molecule has 1 aromatic rings. The predicted octanol–water partition coefficient (Wildman–Crippen LogP) is 1.17. The molecule has 0 unspecified atom stereocenters. The van der Waals surface area contributed by atoms with Gasteiger partial charge < -0.3 is 15.2 Å². The normalized spacial score (nSPS) is 9.55. The summed E-state index contributed by atoms with van der Waals surface area (Å²) in [6.07, 6.45) is 0.601. The SMILES string of the molecule is COC(=O)C(CC#CCc1ccc(N)cc1)C(=O)OC. The number of nitrogen functional groups attached to an aromatic ring is 1. The summed E-state index contributed by atoms with van der Waals surface area (Å²) in [5, 5.41) is 0. The van der Waals surface area contributed by atoms with Gasteiger partial charge in [0, 0.05) is 18.5 Å². The Morgan fingerprint density at radius 2 is 1.65 bits per heavy atom. The molecule has 0 aromatic heterocycles. The minimum absolute atomic E-state index is 0.0777. The van der Waals surface area contributed by atoms with Crippen LogP contribution in [0.2, 0.25) is 0 Å². The predicted molar refractivity (Wildman–Crippen MR) is 74.5 cm³/mol. The standard InChI is InChI=1S/C15H17NO4/c1-19-14(17)13(15(18)20-2)6-4-3-5-11-7-9-12(16)10-8-11/h7-10,13H,5-6,16H2,1-2H3. The van der Waals surface area contributed by atoms with Crippen molar-refractivity contribution in [3.8, 4) is 11.8 Å². The summed E-state index contributed by atoms with van der Waals surface area (Å²) in [5.41, 5.74) is 7.29. The molecule has 0 aliphatic carbocycles. The van der Waals surface area contributed by atoms with Crippen LogP contribution in [0.5, 0.6) is 0 Å². The summed E-state index contributed by atoms with van der Waals surface area (Å²) < 4.78 is 9.08. The number of ether oxygens (including phenoxy) is 2. The van der Waals surface area contributed by atoms with E-state index in [1.165, 1.54) is 14.2 Å². The first-order valence-electron chi connectivity index (χ1n) is 6.04. The third kappa shape index (κ3) is 4.65.